The number of phenols is 3. The summed E-state index contributed by atoms with van der Waals surface area (Å²) in [6.07, 6.45) is 0.346. The molecule has 222 valence electrons. The molecule has 2 aromatic rings. The molecule has 0 aliphatic heterocycles. The van der Waals surface area contributed by atoms with Crippen molar-refractivity contribution >= 4 is 29.7 Å². The zero-order valence-electron chi connectivity index (χ0n) is 22.1. The van der Waals surface area contributed by atoms with Crippen molar-refractivity contribution in [3.8, 4) is 17.2 Å². The number of aliphatic carboxylic acids is 1. The highest BCUT2D eigenvalue weighted by molar-refractivity contribution is 5.92. The quantitative estimate of drug-likeness (QED) is 0.0497. The van der Waals surface area contributed by atoms with Crippen LogP contribution in [-0.4, -0.2) is 81.3 Å². The van der Waals surface area contributed by atoms with Gasteiger partial charge in [-0.1, -0.05) is 18.2 Å². The van der Waals surface area contributed by atoms with Gasteiger partial charge in [-0.15, -0.1) is 0 Å². The summed E-state index contributed by atoms with van der Waals surface area (Å²) in [5.41, 5.74) is 12.3. The normalized spacial score (nSPS) is 12.8. The van der Waals surface area contributed by atoms with Gasteiger partial charge in [0.2, 0.25) is 17.7 Å². The molecule has 0 aliphatic rings. The monoisotopic (exact) mass is 573 g/mol. The molecular weight excluding hydrogens is 538 g/mol. The van der Waals surface area contributed by atoms with Gasteiger partial charge in [0.05, 0.1) is 12.6 Å². The molecule has 41 heavy (non-hydrogen) atoms. The Bertz CT molecular complexity index is 1240. The number of nitrogens with two attached hydrogens (primary N) is 2. The van der Waals surface area contributed by atoms with Gasteiger partial charge in [0.25, 0.3) is 0 Å². The molecule has 0 heterocycles. The van der Waals surface area contributed by atoms with E-state index in [0.717, 1.165) is 0 Å². The molecule has 0 fully saturated rings. The first kappa shape index (κ1) is 32.2. The van der Waals surface area contributed by atoms with E-state index in [9.17, 15) is 39.6 Å². The number of guanidine groups is 1. The highest BCUT2D eigenvalue weighted by atomic mass is 16.4. The number of carbonyl (C=O) groups is 4. The third kappa shape index (κ3) is 11.3. The van der Waals surface area contributed by atoms with Gasteiger partial charge in [0, 0.05) is 13.0 Å². The molecule has 0 saturated carbocycles. The summed E-state index contributed by atoms with van der Waals surface area (Å²) in [4.78, 5) is 49.7. The van der Waals surface area contributed by atoms with Crippen molar-refractivity contribution in [2.45, 2.75) is 43.8 Å². The third-order valence-electron chi connectivity index (χ3n) is 5.88. The smallest absolute Gasteiger partial charge is 0.326 e. The Balaban J connectivity index is 1.98. The summed E-state index contributed by atoms with van der Waals surface area (Å²) < 4.78 is 0. The first-order chi connectivity index (χ1) is 19.3. The van der Waals surface area contributed by atoms with E-state index in [1.54, 1.807) is 12.1 Å². The number of phenolic OH excluding ortho intramolecular Hbond substituents is 3. The van der Waals surface area contributed by atoms with Crippen LogP contribution in [0.2, 0.25) is 0 Å². The number of carboxylic acid groups (broad SMARTS) is 1. The van der Waals surface area contributed by atoms with Crippen LogP contribution in [0.4, 0.5) is 0 Å². The van der Waals surface area contributed by atoms with Gasteiger partial charge in [-0.05, 0) is 54.7 Å². The maximum Gasteiger partial charge on any atom is 0.326 e. The Labute approximate surface area is 235 Å². The second kappa shape index (κ2) is 15.5. The molecule has 3 amide bonds. The number of carbonyl (C=O) groups excluding carboxylic acids is 3. The van der Waals surface area contributed by atoms with Crippen molar-refractivity contribution in [1.82, 2.24) is 21.3 Å². The van der Waals surface area contributed by atoms with Crippen molar-refractivity contribution in [2.24, 2.45) is 11.5 Å². The van der Waals surface area contributed by atoms with Gasteiger partial charge < -0.3 is 53.2 Å². The summed E-state index contributed by atoms with van der Waals surface area (Å²) in [7, 11) is 0. The van der Waals surface area contributed by atoms with Crippen LogP contribution in [0.25, 0.3) is 0 Å². The average Bonchev–Trinajstić information content (AvgIpc) is 2.91. The second-order valence-electron chi connectivity index (χ2n) is 9.22. The van der Waals surface area contributed by atoms with Crippen LogP contribution in [0.1, 0.15) is 24.0 Å². The molecule has 0 bridgehead atoms. The van der Waals surface area contributed by atoms with E-state index in [-0.39, 0.29) is 43.3 Å². The highest BCUT2D eigenvalue weighted by Crippen LogP contribution is 2.25. The fraction of sp³-hybridized carbons (Fsp3) is 0.346. The number of benzene rings is 2. The minimum atomic E-state index is -1.39. The lowest BCUT2D eigenvalue weighted by Gasteiger charge is -2.21. The molecule has 13 N–H and O–H groups in total. The van der Waals surface area contributed by atoms with Crippen LogP contribution < -0.4 is 32.7 Å². The Morgan fingerprint density at radius 1 is 0.829 bits per heavy atom. The minimum absolute atomic E-state index is 0.0565. The summed E-state index contributed by atoms with van der Waals surface area (Å²) in [5, 5.41) is 54.9. The number of hydrogen-bond donors (Lipinski definition) is 11. The van der Waals surface area contributed by atoms with Gasteiger partial charge in [-0.2, -0.15) is 0 Å². The number of aromatic hydroxyl groups is 3. The van der Waals surface area contributed by atoms with Gasteiger partial charge in [-0.3, -0.25) is 19.8 Å². The lowest BCUT2D eigenvalue weighted by atomic mass is 10.0. The molecule has 2 unspecified atom stereocenters. The number of rotatable bonds is 15. The van der Waals surface area contributed by atoms with Crippen molar-refractivity contribution < 1.29 is 39.6 Å². The summed E-state index contributed by atoms with van der Waals surface area (Å²) in [5.74, 6) is -4.57. The fourth-order valence-corrected chi connectivity index (χ4v) is 3.72. The van der Waals surface area contributed by atoms with Crippen LogP contribution in [-0.2, 0) is 32.0 Å². The second-order valence-corrected chi connectivity index (χ2v) is 9.22. The number of hydrogen-bond acceptors (Lipinski definition) is 9. The topological polar surface area (TPSA) is 273 Å². The third-order valence-corrected chi connectivity index (χ3v) is 5.88. The molecule has 0 aromatic heterocycles. The molecule has 0 aliphatic carbocycles. The van der Waals surface area contributed by atoms with E-state index in [4.69, 9.17) is 16.9 Å². The molecule has 2 rings (SSSR count). The maximum absolute atomic E-state index is 12.9. The van der Waals surface area contributed by atoms with Crippen molar-refractivity contribution in [3.63, 3.8) is 0 Å². The largest absolute Gasteiger partial charge is 0.508 e. The highest BCUT2D eigenvalue weighted by Gasteiger charge is 2.25. The van der Waals surface area contributed by atoms with E-state index in [1.807, 2.05) is 0 Å². The van der Waals surface area contributed by atoms with Gasteiger partial charge in [0.1, 0.15) is 17.8 Å². The van der Waals surface area contributed by atoms with E-state index >= 15 is 0 Å². The standard InChI is InChI=1S/C26H35N7O8/c27-17(10-14-3-6-16(34)7-4-14)23(38)33-18(2-1-9-30-26(28)29)24(39)31-13-22(37)32-19(25(40)41)11-15-5-8-20(35)21(36)12-15/h3-8,12,17-19,34-36H,1-2,9-11,13,27H2,(H,31,39)(H,32,37)(H,33,38)(H,40,41)(H4,28,29,30)/t17?,18-,19?/m1/s1. The summed E-state index contributed by atoms with van der Waals surface area (Å²) in [6.45, 7) is -0.358. The molecular formula is C26H35N7O8. The SMILES string of the molecule is N=C(N)NCCC[C@@H](NC(=O)C(N)Cc1ccc(O)cc1)C(=O)NCC(=O)NC(Cc1ccc(O)c(O)c1)C(=O)O. The lowest BCUT2D eigenvalue weighted by molar-refractivity contribution is -0.141. The average molecular weight is 574 g/mol. The predicted molar refractivity (Wildman–Crippen MR) is 147 cm³/mol. The fourth-order valence-electron chi connectivity index (χ4n) is 3.72. The van der Waals surface area contributed by atoms with E-state index in [1.165, 1.54) is 30.3 Å². The van der Waals surface area contributed by atoms with Gasteiger partial charge in [0.15, 0.2) is 17.5 Å². The van der Waals surface area contributed by atoms with Crippen LogP contribution in [0.5, 0.6) is 17.2 Å². The Morgan fingerprint density at radius 3 is 2.10 bits per heavy atom. The zero-order chi connectivity index (χ0) is 30.5. The van der Waals surface area contributed by atoms with Crippen molar-refractivity contribution in [1.29, 1.82) is 5.41 Å². The molecule has 15 heteroatoms. The molecule has 2 aromatic carbocycles. The molecule has 0 spiro atoms. The van der Waals surface area contributed by atoms with Crippen LogP contribution in [0.15, 0.2) is 42.5 Å². The predicted octanol–water partition coefficient (Wildman–Crippen LogP) is -1.65. The Hall–Kier alpha value is -5.05. The van der Waals surface area contributed by atoms with Crippen LogP contribution in [0.3, 0.4) is 0 Å². The van der Waals surface area contributed by atoms with Crippen LogP contribution in [0, 0.1) is 5.41 Å². The molecule has 15 nitrogen and oxygen atoms in total. The van der Waals surface area contributed by atoms with E-state index < -0.39 is 54.1 Å². The first-order valence-corrected chi connectivity index (χ1v) is 12.6. The Kier molecular flexibility index (Phi) is 12.2. The number of amides is 3. The molecule has 0 saturated heterocycles. The maximum atomic E-state index is 12.9. The van der Waals surface area contributed by atoms with Crippen molar-refractivity contribution in [3.05, 3.63) is 53.6 Å². The minimum Gasteiger partial charge on any atom is -0.508 e. The van der Waals surface area contributed by atoms with E-state index in [0.29, 0.717) is 17.5 Å². The number of nitrogens with one attached hydrogen (secondary N) is 5. The first-order valence-electron chi connectivity index (χ1n) is 12.6. The Morgan fingerprint density at radius 2 is 1.49 bits per heavy atom. The molecule has 0 radical (unpaired) electrons. The van der Waals surface area contributed by atoms with Gasteiger partial charge >= 0.3 is 5.97 Å². The lowest BCUT2D eigenvalue weighted by Crippen LogP contribution is -2.54. The van der Waals surface area contributed by atoms with E-state index in [2.05, 4.69) is 21.3 Å². The summed E-state index contributed by atoms with van der Waals surface area (Å²) >= 11 is 0. The van der Waals surface area contributed by atoms with Gasteiger partial charge in [-0.25, -0.2) is 4.79 Å². The zero-order valence-corrected chi connectivity index (χ0v) is 22.1. The summed E-state index contributed by atoms with van der Waals surface area (Å²) in [6, 6.07) is 6.33. The number of carboxylic acids is 1. The molecule has 3 atom stereocenters. The van der Waals surface area contributed by atoms with Crippen molar-refractivity contribution in [2.75, 3.05) is 13.1 Å². The van der Waals surface area contributed by atoms with Crippen LogP contribution >= 0.6 is 0 Å².